The van der Waals surface area contributed by atoms with Crippen LogP contribution in [0.15, 0.2) is 0 Å². The summed E-state index contributed by atoms with van der Waals surface area (Å²) in [6.07, 6.45) is 2.55. The van der Waals surface area contributed by atoms with Crippen LogP contribution in [0.1, 0.15) is 19.8 Å². The SMILES string of the molecule is COCC(C)(CN)N1CCC(CN(C)C)CC1. The van der Waals surface area contributed by atoms with Crippen LogP contribution in [-0.4, -0.2) is 69.3 Å². The third-order valence-electron chi connectivity index (χ3n) is 3.90. The van der Waals surface area contributed by atoms with E-state index in [1.807, 2.05) is 0 Å². The third-order valence-corrected chi connectivity index (χ3v) is 3.90. The van der Waals surface area contributed by atoms with Crippen LogP contribution in [0.3, 0.4) is 0 Å². The number of hydrogen-bond acceptors (Lipinski definition) is 4. The molecule has 102 valence electrons. The van der Waals surface area contributed by atoms with Gasteiger partial charge < -0.3 is 15.4 Å². The first-order valence-electron chi connectivity index (χ1n) is 6.60. The largest absolute Gasteiger partial charge is 0.383 e. The highest BCUT2D eigenvalue weighted by Crippen LogP contribution is 2.24. The number of ether oxygens (including phenoxy) is 1. The first kappa shape index (κ1) is 14.9. The fourth-order valence-electron chi connectivity index (χ4n) is 2.76. The van der Waals surface area contributed by atoms with Crippen molar-refractivity contribution < 1.29 is 4.74 Å². The van der Waals surface area contributed by atoms with Crippen LogP contribution in [0.25, 0.3) is 0 Å². The molecule has 1 fully saturated rings. The number of likely N-dealkylation sites (tertiary alicyclic amines) is 1. The van der Waals surface area contributed by atoms with Gasteiger partial charge in [0.2, 0.25) is 0 Å². The minimum atomic E-state index is 0.0117. The zero-order valence-electron chi connectivity index (χ0n) is 11.9. The molecule has 17 heavy (non-hydrogen) atoms. The molecule has 1 aliphatic rings. The number of nitrogens with zero attached hydrogens (tertiary/aromatic N) is 2. The van der Waals surface area contributed by atoms with E-state index in [1.165, 1.54) is 19.4 Å². The Labute approximate surface area is 106 Å². The molecular weight excluding hydrogens is 214 g/mol. The highest BCUT2D eigenvalue weighted by Gasteiger charge is 2.33. The third kappa shape index (κ3) is 4.21. The van der Waals surface area contributed by atoms with Crippen LogP contribution < -0.4 is 5.73 Å². The monoisotopic (exact) mass is 243 g/mol. The molecule has 0 saturated carbocycles. The minimum Gasteiger partial charge on any atom is -0.383 e. The lowest BCUT2D eigenvalue weighted by molar-refractivity contribution is 0.00417. The summed E-state index contributed by atoms with van der Waals surface area (Å²) in [5.41, 5.74) is 5.92. The lowest BCUT2D eigenvalue weighted by Gasteiger charge is -2.44. The molecule has 1 atom stereocenters. The topological polar surface area (TPSA) is 41.7 Å². The zero-order valence-corrected chi connectivity index (χ0v) is 11.9. The van der Waals surface area contributed by atoms with E-state index in [1.54, 1.807) is 7.11 Å². The summed E-state index contributed by atoms with van der Waals surface area (Å²) in [6, 6.07) is 0. The molecule has 0 aromatic rings. The Bertz CT molecular complexity index is 215. The highest BCUT2D eigenvalue weighted by atomic mass is 16.5. The Hall–Kier alpha value is -0.160. The van der Waals surface area contributed by atoms with Crippen LogP contribution in [0.5, 0.6) is 0 Å². The summed E-state index contributed by atoms with van der Waals surface area (Å²) in [5, 5.41) is 0. The molecule has 0 aromatic carbocycles. The fraction of sp³-hybridized carbons (Fsp3) is 1.00. The van der Waals surface area contributed by atoms with Crippen LogP contribution >= 0.6 is 0 Å². The van der Waals surface area contributed by atoms with Gasteiger partial charge >= 0.3 is 0 Å². The van der Waals surface area contributed by atoms with Gasteiger partial charge in [-0.1, -0.05) is 0 Å². The number of methoxy groups -OCH3 is 1. The molecule has 2 N–H and O–H groups in total. The summed E-state index contributed by atoms with van der Waals surface area (Å²) < 4.78 is 5.31. The summed E-state index contributed by atoms with van der Waals surface area (Å²) in [5.74, 6) is 0.839. The molecule has 1 heterocycles. The zero-order chi connectivity index (χ0) is 12.9. The van der Waals surface area contributed by atoms with Crippen molar-refractivity contribution in [2.45, 2.75) is 25.3 Å². The molecule has 0 aliphatic carbocycles. The van der Waals surface area contributed by atoms with Gasteiger partial charge in [-0.15, -0.1) is 0 Å². The molecule has 4 nitrogen and oxygen atoms in total. The van der Waals surface area contributed by atoms with Gasteiger partial charge in [0.05, 0.1) is 12.1 Å². The van der Waals surface area contributed by atoms with Crippen molar-refractivity contribution >= 4 is 0 Å². The van der Waals surface area contributed by atoms with Crippen LogP contribution in [-0.2, 0) is 4.74 Å². The quantitative estimate of drug-likeness (QED) is 0.743. The number of hydrogen-bond donors (Lipinski definition) is 1. The van der Waals surface area contributed by atoms with E-state index in [2.05, 4.69) is 30.8 Å². The average Bonchev–Trinajstić information content (AvgIpc) is 2.29. The second-order valence-electron chi connectivity index (χ2n) is 5.83. The Kier molecular flexibility index (Phi) is 5.86. The predicted molar refractivity (Wildman–Crippen MR) is 72.2 cm³/mol. The Morgan fingerprint density at radius 1 is 1.35 bits per heavy atom. The summed E-state index contributed by atoms with van der Waals surface area (Å²) in [6.45, 7) is 7.10. The van der Waals surface area contributed by atoms with Gasteiger partial charge in [0.25, 0.3) is 0 Å². The molecule has 1 unspecified atom stereocenters. The summed E-state index contributed by atoms with van der Waals surface area (Å²) in [4.78, 5) is 4.79. The van der Waals surface area contributed by atoms with Crippen molar-refractivity contribution in [3.8, 4) is 0 Å². The molecule has 1 rings (SSSR count). The Morgan fingerprint density at radius 3 is 2.35 bits per heavy atom. The number of rotatable bonds is 6. The molecule has 0 bridgehead atoms. The average molecular weight is 243 g/mol. The first-order valence-corrected chi connectivity index (χ1v) is 6.60. The first-order chi connectivity index (χ1) is 8.01. The van der Waals surface area contributed by atoms with Crippen LogP contribution in [0.2, 0.25) is 0 Å². The molecule has 0 radical (unpaired) electrons. The number of piperidine rings is 1. The van der Waals surface area contributed by atoms with Crippen molar-refractivity contribution in [1.82, 2.24) is 9.80 Å². The summed E-state index contributed by atoms with van der Waals surface area (Å²) in [7, 11) is 6.06. The van der Waals surface area contributed by atoms with Crippen molar-refractivity contribution in [1.29, 1.82) is 0 Å². The fourth-order valence-corrected chi connectivity index (χ4v) is 2.76. The van der Waals surface area contributed by atoms with Gasteiger partial charge in [0.1, 0.15) is 0 Å². The summed E-state index contributed by atoms with van der Waals surface area (Å²) >= 11 is 0. The molecule has 1 saturated heterocycles. The van der Waals surface area contributed by atoms with Crippen molar-refractivity contribution in [3.63, 3.8) is 0 Å². The van der Waals surface area contributed by atoms with E-state index in [0.717, 1.165) is 25.6 Å². The van der Waals surface area contributed by atoms with Crippen molar-refractivity contribution in [2.24, 2.45) is 11.7 Å². The lowest BCUT2D eigenvalue weighted by atomic mass is 9.91. The minimum absolute atomic E-state index is 0.0117. The molecule has 0 amide bonds. The van der Waals surface area contributed by atoms with Crippen LogP contribution in [0.4, 0.5) is 0 Å². The second-order valence-corrected chi connectivity index (χ2v) is 5.83. The smallest absolute Gasteiger partial charge is 0.0656 e. The predicted octanol–water partition coefficient (Wildman–Crippen LogP) is 0.624. The Morgan fingerprint density at radius 2 is 1.94 bits per heavy atom. The van der Waals surface area contributed by atoms with E-state index < -0.39 is 0 Å². The van der Waals surface area contributed by atoms with Crippen molar-refractivity contribution in [2.75, 3.05) is 54.0 Å². The van der Waals surface area contributed by atoms with E-state index in [4.69, 9.17) is 10.5 Å². The van der Waals surface area contributed by atoms with E-state index in [9.17, 15) is 0 Å². The number of nitrogens with two attached hydrogens (primary N) is 1. The Balaban J connectivity index is 2.44. The van der Waals surface area contributed by atoms with Gasteiger partial charge in [-0.25, -0.2) is 0 Å². The maximum absolute atomic E-state index is 5.91. The molecule has 0 aromatic heterocycles. The molecule has 4 heteroatoms. The van der Waals surface area contributed by atoms with E-state index in [-0.39, 0.29) is 5.54 Å². The second kappa shape index (κ2) is 6.69. The highest BCUT2D eigenvalue weighted by molar-refractivity contribution is 4.90. The maximum Gasteiger partial charge on any atom is 0.0656 e. The lowest BCUT2D eigenvalue weighted by Crippen LogP contribution is -2.57. The molecule has 1 aliphatic heterocycles. The van der Waals surface area contributed by atoms with E-state index in [0.29, 0.717) is 6.54 Å². The normalized spacial score (nSPS) is 22.9. The molecular formula is C13H29N3O. The van der Waals surface area contributed by atoms with Gasteiger partial charge in [-0.05, 0) is 52.9 Å². The molecule has 0 spiro atoms. The maximum atomic E-state index is 5.91. The van der Waals surface area contributed by atoms with Crippen molar-refractivity contribution in [3.05, 3.63) is 0 Å². The van der Waals surface area contributed by atoms with Crippen LogP contribution in [0, 0.1) is 5.92 Å². The van der Waals surface area contributed by atoms with E-state index >= 15 is 0 Å². The van der Waals surface area contributed by atoms with Gasteiger partial charge in [0.15, 0.2) is 0 Å². The standard InChI is InChI=1S/C13H29N3O/c1-13(10-14,11-17-4)16-7-5-12(6-8-16)9-15(2)3/h12H,5-11,14H2,1-4H3. The van der Waals surface area contributed by atoms with Gasteiger partial charge in [0, 0.05) is 20.2 Å². The van der Waals surface area contributed by atoms with Gasteiger partial charge in [-0.2, -0.15) is 0 Å². The van der Waals surface area contributed by atoms with Gasteiger partial charge in [-0.3, -0.25) is 4.90 Å².